The largest absolute Gasteiger partial charge is 0.234 e. The van der Waals surface area contributed by atoms with Crippen molar-refractivity contribution < 1.29 is 4.79 Å². The highest BCUT2D eigenvalue weighted by Crippen LogP contribution is 1.17. The van der Waals surface area contributed by atoms with Crippen molar-refractivity contribution in [1.82, 2.24) is 0 Å². The second-order valence-corrected chi connectivity index (χ2v) is 0.577. The molecule has 10 heavy (non-hydrogen) atoms. The van der Waals surface area contributed by atoms with Gasteiger partial charge >= 0.3 is 0 Å². The number of rotatable bonds is 0. The highest BCUT2D eigenvalue weighted by molar-refractivity contribution is 7.78. The van der Waals surface area contributed by atoms with Gasteiger partial charge in [0.1, 0.15) is 5.94 Å². The third-order valence-corrected chi connectivity index (χ3v) is 0. The Bertz CT molecular complexity index is 63.3. The molecule has 60 valence electrons. The maximum Gasteiger partial charge on any atom is 0.116 e. The molecule has 0 spiro atoms. The lowest BCUT2D eigenvalue weighted by Crippen LogP contribution is -1.15. The lowest BCUT2D eigenvalue weighted by Gasteiger charge is -1.07. The Labute approximate surface area is 69.5 Å². The molecule has 0 aliphatic carbocycles. The molecule has 0 heterocycles. The average molecular weight is 160 g/mol. The molecule has 2 heteroatoms. The molecule has 0 aromatic rings. The van der Waals surface area contributed by atoms with E-state index in [9.17, 15) is 0 Å². The second kappa shape index (κ2) is 256. The van der Waals surface area contributed by atoms with E-state index in [4.69, 9.17) is 4.79 Å². The lowest BCUT2D eigenvalue weighted by molar-refractivity contribution is 0.569. The van der Waals surface area contributed by atoms with Crippen molar-refractivity contribution in [2.45, 2.75) is 27.7 Å². The van der Waals surface area contributed by atoms with E-state index in [2.05, 4.69) is 30.4 Å². The molecule has 0 fully saturated rings. The predicted molar refractivity (Wildman–Crippen MR) is 52.2 cm³/mol. The van der Waals surface area contributed by atoms with Crippen LogP contribution in [-0.4, -0.2) is 11.0 Å². The van der Waals surface area contributed by atoms with Crippen molar-refractivity contribution in [2.24, 2.45) is 0 Å². The predicted octanol–water partition coefficient (Wildman–Crippen LogP) is 2.83. The second-order valence-electron chi connectivity index (χ2n) is 0.289. The topological polar surface area (TPSA) is 17.1 Å². The van der Waals surface area contributed by atoms with Crippen molar-refractivity contribution in [3.8, 4) is 0 Å². The monoisotopic (exact) mass is 160 g/mol. The summed E-state index contributed by atoms with van der Waals surface area (Å²) < 4.78 is 0. The van der Waals surface area contributed by atoms with E-state index in [1.54, 1.807) is 0 Å². The summed E-state index contributed by atoms with van der Waals surface area (Å²) in [6.07, 6.45) is 0. The van der Waals surface area contributed by atoms with Crippen LogP contribution in [0.3, 0.4) is 0 Å². The molecule has 0 aliphatic heterocycles. The van der Waals surface area contributed by atoms with E-state index in [1.165, 1.54) is 5.94 Å². The maximum atomic E-state index is 8.57. The van der Waals surface area contributed by atoms with Gasteiger partial charge in [0.2, 0.25) is 0 Å². The van der Waals surface area contributed by atoms with Crippen LogP contribution in [0.15, 0.2) is 13.2 Å². The first-order valence-electron chi connectivity index (χ1n) is 3.12. The van der Waals surface area contributed by atoms with Gasteiger partial charge in [-0.2, -0.15) is 0 Å². The van der Waals surface area contributed by atoms with Gasteiger partial charge in [0, 0.05) is 0 Å². The van der Waals surface area contributed by atoms with Crippen LogP contribution in [0.5, 0.6) is 0 Å². The quantitative estimate of drug-likeness (QED) is 0.400. The summed E-state index contributed by atoms with van der Waals surface area (Å²) >= 11 is 4.03. The summed E-state index contributed by atoms with van der Waals surface area (Å²) in [6, 6.07) is 0. The summed E-state index contributed by atoms with van der Waals surface area (Å²) in [4.78, 5) is 8.57. The third kappa shape index (κ3) is 632. The molecule has 0 bridgehead atoms. The van der Waals surface area contributed by atoms with E-state index in [1.807, 2.05) is 27.7 Å². The molecule has 0 aromatic carbocycles. The Morgan fingerprint density at radius 3 is 1.10 bits per heavy atom. The first kappa shape index (κ1) is 22.8. The first-order valence-corrected chi connectivity index (χ1v) is 3.52. The fourth-order valence-electron chi connectivity index (χ4n) is 0. The number of hydrogen-bond acceptors (Lipinski definition) is 2. The van der Waals surface area contributed by atoms with Gasteiger partial charge in [-0.3, -0.25) is 0 Å². The normalized spacial score (nSPS) is 2.80. The van der Waals surface area contributed by atoms with Gasteiger partial charge in [-0.1, -0.05) is 32.7 Å². The molecular formula is C8H16OS. The van der Waals surface area contributed by atoms with Crippen LogP contribution in [0.25, 0.3) is 0 Å². The van der Waals surface area contributed by atoms with E-state index >= 15 is 0 Å². The molecular weight excluding hydrogens is 144 g/mol. The van der Waals surface area contributed by atoms with Crippen molar-refractivity contribution >= 4 is 23.2 Å². The summed E-state index contributed by atoms with van der Waals surface area (Å²) in [7, 11) is 0. The minimum absolute atomic E-state index is 1.25. The maximum absolute atomic E-state index is 8.57. The van der Waals surface area contributed by atoms with E-state index in [0.717, 1.165) is 0 Å². The van der Waals surface area contributed by atoms with Gasteiger partial charge in [0.25, 0.3) is 0 Å². The van der Waals surface area contributed by atoms with Crippen LogP contribution < -0.4 is 0 Å². The summed E-state index contributed by atoms with van der Waals surface area (Å²) in [5.41, 5.74) is 0. The molecule has 1 nitrogen and oxygen atoms in total. The SMILES string of the molecule is C=C=O.C=C=S.CC.CC. The van der Waals surface area contributed by atoms with Gasteiger partial charge in [0.05, 0.1) is 0 Å². The van der Waals surface area contributed by atoms with Crippen molar-refractivity contribution in [3.63, 3.8) is 0 Å². The average Bonchev–Trinajstić information content (AvgIpc) is 1.99. The van der Waals surface area contributed by atoms with E-state index < -0.39 is 0 Å². The molecule has 0 N–H and O–H groups in total. The van der Waals surface area contributed by atoms with Crippen LogP contribution in [-0.2, 0) is 4.79 Å². The molecule has 0 saturated carbocycles. The molecule has 0 amide bonds. The number of hydrogen-bond donors (Lipinski definition) is 0. The number of carbonyl (C=O) groups excluding carboxylic acids is 1. The van der Waals surface area contributed by atoms with Gasteiger partial charge in [-0.05, 0) is 25.4 Å². The van der Waals surface area contributed by atoms with Crippen LogP contribution in [0.2, 0.25) is 0 Å². The molecule has 0 radical (unpaired) electrons. The number of thiocarbonyl (C=S) groups is 1. The Hall–Kier alpha value is -0.680. The molecule has 0 saturated heterocycles. The zero-order chi connectivity index (χ0) is 9.41. The molecule has 0 rings (SSSR count). The zero-order valence-electron chi connectivity index (χ0n) is 7.23. The van der Waals surface area contributed by atoms with Gasteiger partial charge < -0.3 is 0 Å². The van der Waals surface area contributed by atoms with Gasteiger partial charge in [-0.15, -0.1) is 0 Å². The fraction of sp³-hybridized carbons (Fsp3) is 0.500. The minimum atomic E-state index is 1.25. The molecule has 0 aliphatic rings. The van der Waals surface area contributed by atoms with Crippen LogP contribution >= 0.6 is 12.2 Å². The fourth-order valence-corrected chi connectivity index (χ4v) is 0. The molecule has 0 aromatic heterocycles. The first-order chi connectivity index (χ1) is 4.83. The van der Waals surface area contributed by atoms with Gasteiger partial charge in [-0.25, -0.2) is 4.79 Å². The Balaban J connectivity index is -0.0000000246. The smallest absolute Gasteiger partial charge is 0.116 e. The van der Waals surface area contributed by atoms with Crippen LogP contribution in [0, 0.1) is 0 Å². The Morgan fingerprint density at radius 2 is 1.10 bits per heavy atom. The van der Waals surface area contributed by atoms with E-state index in [-0.39, 0.29) is 0 Å². The van der Waals surface area contributed by atoms with E-state index in [0.29, 0.717) is 0 Å². The van der Waals surface area contributed by atoms with Crippen molar-refractivity contribution in [3.05, 3.63) is 13.2 Å². The molecule has 0 unspecified atom stereocenters. The van der Waals surface area contributed by atoms with Crippen molar-refractivity contribution in [2.75, 3.05) is 0 Å². The highest BCUT2D eigenvalue weighted by atomic mass is 32.1. The zero-order valence-corrected chi connectivity index (χ0v) is 8.05. The van der Waals surface area contributed by atoms with Crippen LogP contribution in [0.1, 0.15) is 27.7 Å². The van der Waals surface area contributed by atoms with Gasteiger partial charge in [0.15, 0.2) is 0 Å². The third-order valence-electron chi connectivity index (χ3n) is 0. The molecule has 0 atom stereocenters. The van der Waals surface area contributed by atoms with Crippen LogP contribution in [0.4, 0.5) is 0 Å². The standard InChI is InChI=1S/C2H2O.C2H2S.2C2H6/c2*1-2-3;2*1-2/h2*1H2;2*1-2H3. The summed E-state index contributed by atoms with van der Waals surface area (Å²) in [5, 5.41) is 2.08. The Morgan fingerprint density at radius 1 is 1.10 bits per heavy atom. The lowest BCUT2D eigenvalue weighted by atomic mass is 11.0. The minimum Gasteiger partial charge on any atom is -0.234 e. The summed E-state index contributed by atoms with van der Waals surface area (Å²) in [5.74, 6) is 1.25. The van der Waals surface area contributed by atoms with Crippen molar-refractivity contribution in [1.29, 1.82) is 0 Å². The Kier molecular flexibility index (Phi) is 583. The summed E-state index contributed by atoms with van der Waals surface area (Å²) in [6.45, 7) is 13.7. The highest BCUT2D eigenvalue weighted by Gasteiger charge is 1.01.